The fourth-order valence-electron chi connectivity index (χ4n) is 1.96. The van der Waals surface area contributed by atoms with E-state index in [9.17, 15) is 30.1 Å². The van der Waals surface area contributed by atoms with E-state index >= 15 is 0 Å². The summed E-state index contributed by atoms with van der Waals surface area (Å²) in [6.45, 7) is 0. The highest BCUT2D eigenvalue weighted by molar-refractivity contribution is 5.95. The zero-order chi connectivity index (χ0) is 19.3. The van der Waals surface area contributed by atoms with Crippen molar-refractivity contribution in [2.24, 2.45) is 5.10 Å². The summed E-state index contributed by atoms with van der Waals surface area (Å²) in [6, 6.07) is 6.89. The Morgan fingerprint density at radius 3 is 2.38 bits per heavy atom. The lowest BCUT2D eigenvalue weighted by molar-refractivity contribution is -0.385. The first-order chi connectivity index (χ1) is 12.3. The SMILES string of the molecule is COc1cc([N+](=O)[O-])c(/C=N/NC(=O)c2ccc([N+](=O)[O-])cc2)cc1O. The van der Waals surface area contributed by atoms with Gasteiger partial charge in [-0.05, 0) is 18.2 Å². The number of methoxy groups -OCH3 is 1. The second kappa shape index (κ2) is 7.70. The van der Waals surface area contributed by atoms with Crippen molar-refractivity contribution in [1.29, 1.82) is 0 Å². The molecule has 0 aliphatic rings. The lowest BCUT2D eigenvalue weighted by Gasteiger charge is -2.05. The van der Waals surface area contributed by atoms with Crippen LogP contribution in [0.3, 0.4) is 0 Å². The van der Waals surface area contributed by atoms with Crippen LogP contribution in [0.25, 0.3) is 0 Å². The molecular formula is C15H12N4O7. The molecule has 0 fully saturated rings. The van der Waals surface area contributed by atoms with E-state index in [2.05, 4.69) is 10.5 Å². The van der Waals surface area contributed by atoms with Crippen molar-refractivity contribution in [3.63, 3.8) is 0 Å². The molecule has 0 saturated heterocycles. The highest BCUT2D eigenvalue weighted by Gasteiger charge is 2.17. The summed E-state index contributed by atoms with van der Waals surface area (Å²) in [5, 5.41) is 34.9. The molecule has 11 nitrogen and oxygen atoms in total. The van der Waals surface area contributed by atoms with Gasteiger partial charge in [-0.15, -0.1) is 0 Å². The van der Waals surface area contributed by atoms with Gasteiger partial charge < -0.3 is 9.84 Å². The molecule has 134 valence electrons. The van der Waals surface area contributed by atoms with Crippen LogP contribution in [0.4, 0.5) is 11.4 Å². The molecule has 0 aliphatic heterocycles. The van der Waals surface area contributed by atoms with Gasteiger partial charge in [0.1, 0.15) is 0 Å². The Bertz CT molecular complexity index is 894. The standard InChI is InChI=1S/C15H12N4O7/c1-26-14-7-12(19(24)25)10(6-13(14)20)8-16-17-15(21)9-2-4-11(5-3-9)18(22)23/h2-8,20H,1H3,(H,17,21)/b16-8+. The number of carbonyl (C=O) groups is 1. The number of phenolic OH excluding ortho intramolecular Hbond substituents is 1. The molecule has 0 atom stereocenters. The molecule has 0 radical (unpaired) electrons. The van der Waals surface area contributed by atoms with E-state index in [0.717, 1.165) is 30.5 Å². The number of rotatable bonds is 6. The molecule has 11 heteroatoms. The molecule has 0 saturated carbocycles. The molecule has 0 unspecified atom stereocenters. The van der Waals surface area contributed by atoms with Crippen molar-refractivity contribution >= 4 is 23.5 Å². The normalized spacial score (nSPS) is 10.5. The summed E-state index contributed by atoms with van der Waals surface area (Å²) >= 11 is 0. The average molecular weight is 360 g/mol. The fourth-order valence-corrected chi connectivity index (χ4v) is 1.96. The third-order valence-corrected chi connectivity index (χ3v) is 3.23. The molecule has 2 aromatic carbocycles. The van der Waals surface area contributed by atoms with E-state index in [1.165, 1.54) is 19.2 Å². The van der Waals surface area contributed by atoms with Gasteiger partial charge in [-0.25, -0.2) is 5.43 Å². The maximum atomic E-state index is 11.9. The number of amides is 1. The number of nitrogens with zero attached hydrogens (tertiary/aromatic N) is 3. The van der Waals surface area contributed by atoms with Crippen molar-refractivity contribution in [3.05, 3.63) is 67.8 Å². The van der Waals surface area contributed by atoms with Crippen LogP contribution in [-0.4, -0.2) is 34.2 Å². The van der Waals surface area contributed by atoms with Gasteiger partial charge in [-0.3, -0.25) is 25.0 Å². The van der Waals surface area contributed by atoms with Crippen molar-refractivity contribution in [3.8, 4) is 11.5 Å². The van der Waals surface area contributed by atoms with Gasteiger partial charge in [0.25, 0.3) is 17.3 Å². The number of nitro benzene ring substituents is 2. The van der Waals surface area contributed by atoms with Crippen LogP contribution in [0.2, 0.25) is 0 Å². The van der Waals surface area contributed by atoms with Crippen molar-refractivity contribution in [1.82, 2.24) is 5.43 Å². The van der Waals surface area contributed by atoms with E-state index in [1.807, 2.05) is 0 Å². The second-order valence-corrected chi connectivity index (χ2v) is 4.84. The molecule has 0 heterocycles. The molecule has 2 rings (SSSR count). The Balaban J connectivity index is 2.17. The first-order valence-electron chi connectivity index (χ1n) is 6.96. The smallest absolute Gasteiger partial charge is 0.282 e. The van der Waals surface area contributed by atoms with Crippen molar-refractivity contribution in [2.75, 3.05) is 7.11 Å². The molecule has 0 spiro atoms. The minimum atomic E-state index is -0.693. The third kappa shape index (κ3) is 4.08. The number of nitrogens with one attached hydrogen (secondary N) is 1. The van der Waals surface area contributed by atoms with Gasteiger partial charge in [-0.2, -0.15) is 5.10 Å². The predicted molar refractivity (Wildman–Crippen MR) is 89.5 cm³/mol. The van der Waals surface area contributed by atoms with E-state index < -0.39 is 15.8 Å². The Kier molecular flexibility index (Phi) is 5.43. The molecular weight excluding hydrogens is 348 g/mol. The van der Waals surface area contributed by atoms with Crippen LogP contribution >= 0.6 is 0 Å². The Morgan fingerprint density at radius 2 is 1.85 bits per heavy atom. The highest BCUT2D eigenvalue weighted by Crippen LogP contribution is 2.32. The van der Waals surface area contributed by atoms with Gasteiger partial charge >= 0.3 is 0 Å². The van der Waals surface area contributed by atoms with Crippen LogP contribution in [0, 0.1) is 20.2 Å². The van der Waals surface area contributed by atoms with Crippen LogP contribution in [0.5, 0.6) is 11.5 Å². The van der Waals surface area contributed by atoms with Crippen molar-refractivity contribution in [2.45, 2.75) is 0 Å². The summed E-state index contributed by atoms with van der Waals surface area (Å²) in [6.07, 6.45) is 0.987. The van der Waals surface area contributed by atoms with E-state index in [-0.39, 0.29) is 34.0 Å². The van der Waals surface area contributed by atoms with Gasteiger partial charge in [0.2, 0.25) is 0 Å². The highest BCUT2D eigenvalue weighted by atomic mass is 16.6. The van der Waals surface area contributed by atoms with Crippen LogP contribution < -0.4 is 10.2 Å². The number of non-ortho nitro benzene ring substituents is 1. The van der Waals surface area contributed by atoms with Crippen LogP contribution in [0.1, 0.15) is 15.9 Å². The summed E-state index contributed by atoms with van der Waals surface area (Å²) in [5.74, 6) is -1.08. The number of hydrogen-bond donors (Lipinski definition) is 2. The Labute approximate surface area is 145 Å². The number of hydrazone groups is 1. The zero-order valence-electron chi connectivity index (χ0n) is 13.3. The predicted octanol–water partition coefficient (Wildman–Crippen LogP) is 1.98. The number of nitro groups is 2. The summed E-state index contributed by atoms with van der Waals surface area (Å²) in [5.41, 5.74) is 1.64. The monoisotopic (exact) mass is 360 g/mol. The lowest BCUT2D eigenvalue weighted by Crippen LogP contribution is -2.17. The minimum absolute atomic E-state index is 0.0581. The number of ether oxygens (including phenoxy) is 1. The molecule has 2 aromatic rings. The van der Waals surface area contributed by atoms with Crippen LogP contribution in [0.15, 0.2) is 41.5 Å². The first-order valence-corrected chi connectivity index (χ1v) is 6.96. The summed E-state index contributed by atoms with van der Waals surface area (Å²) in [4.78, 5) is 32.2. The lowest BCUT2D eigenvalue weighted by atomic mass is 10.1. The van der Waals surface area contributed by atoms with Gasteiger partial charge in [0.05, 0.1) is 34.8 Å². The number of hydrogen-bond acceptors (Lipinski definition) is 8. The Hall–Kier alpha value is -4.02. The third-order valence-electron chi connectivity index (χ3n) is 3.23. The fraction of sp³-hybridized carbons (Fsp3) is 0.0667. The molecule has 2 N–H and O–H groups in total. The Morgan fingerprint density at radius 1 is 1.19 bits per heavy atom. The van der Waals surface area contributed by atoms with Gasteiger partial charge in [-0.1, -0.05) is 0 Å². The molecule has 0 bridgehead atoms. The van der Waals surface area contributed by atoms with Crippen molar-refractivity contribution < 1.29 is 24.5 Å². The quantitative estimate of drug-likeness (QED) is 0.453. The van der Waals surface area contributed by atoms with Gasteiger partial charge in [0.15, 0.2) is 11.5 Å². The maximum Gasteiger partial charge on any atom is 0.282 e. The van der Waals surface area contributed by atoms with E-state index in [4.69, 9.17) is 4.74 Å². The van der Waals surface area contributed by atoms with E-state index in [0.29, 0.717) is 0 Å². The average Bonchev–Trinajstić information content (AvgIpc) is 2.61. The summed E-state index contributed by atoms with van der Waals surface area (Å²) < 4.78 is 4.80. The maximum absolute atomic E-state index is 11.9. The number of phenols is 1. The minimum Gasteiger partial charge on any atom is -0.504 e. The van der Waals surface area contributed by atoms with Crippen LogP contribution in [-0.2, 0) is 0 Å². The molecule has 0 aromatic heterocycles. The largest absolute Gasteiger partial charge is 0.504 e. The first kappa shape index (κ1) is 18.3. The summed E-state index contributed by atoms with van der Waals surface area (Å²) in [7, 11) is 1.25. The second-order valence-electron chi connectivity index (χ2n) is 4.84. The number of carbonyl (C=O) groups excluding carboxylic acids is 1. The number of benzene rings is 2. The molecule has 26 heavy (non-hydrogen) atoms. The van der Waals surface area contributed by atoms with Gasteiger partial charge in [0, 0.05) is 17.7 Å². The molecule has 0 aliphatic carbocycles. The topological polar surface area (TPSA) is 157 Å². The zero-order valence-corrected chi connectivity index (χ0v) is 13.3. The van der Waals surface area contributed by atoms with E-state index in [1.54, 1.807) is 0 Å². The number of aromatic hydroxyl groups is 1. The molecule has 1 amide bonds.